The summed E-state index contributed by atoms with van der Waals surface area (Å²) in [5.41, 5.74) is 1.62. The maximum absolute atomic E-state index is 12.7. The molecule has 0 aliphatic heterocycles. The first-order valence-electron chi connectivity index (χ1n) is 8.45. The molecular formula is C20H24N2O3S. The average Bonchev–Trinajstić information content (AvgIpc) is 2.67. The minimum atomic E-state index is -0.149. The van der Waals surface area contributed by atoms with Crippen LogP contribution in [0.15, 0.2) is 59.5 Å². The topological polar surface area (TPSA) is 67.4 Å². The Morgan fingerprint density at radius 3 is 2.50 bits per heavy atom. The van der Waals surface area contributed by atoms with Gasteiger partial charge in [0, 0.05) is 18.6 Å². The monoisotopic (exact) mass is 372 g/mol. The van der Waals surface area contributed by atoms with E-state index in [1.54, 1.807) is 13.2 Å². The molecule has 0 saturated heterocycles. The molecule has 138 valence electrons. The fourth-order valence-corrected chi connectivity index (χ4v) is 3.25. The molecule has 0 aliphatic rings. The summed E-state index contributed by atoms with van der Waals surface area (Å²) in [5.74, 6) is 0.0200. The van der Waals surface area contributed by atoms with E-state index in [2.05, 4.69) is 10.6 Å². The molecule has 2 amide bonds. The van der Waals surface area contributed by atoms with Crippen molar-refractivity contribution < 1.29 is 14.3 Å². The zero-order chi connectivity index (χ0) is 18.8. The Labute approximate surface area is 158 Å². The van der Waals surface area contributed by atoms with Gasteiger partial charge in [-0.05, 0) is 24.6 Å². The van der Waals surface area contributed by atoms with Crippen LogP contribution >= 0.6 is 11.8 Å². The third-order valence-electron chi connectivity index (χ3n) is 3.77. The van der Waals surface area contributed by atoms with Crippen molar-refractivity contribution in [3.8, 4) is 0 Å². The van der Waals surface area contributed by atoms with E-state index >= 15 is 0 Å². The van der Waals surface area contributed by atoms with Gasteiger partial charge >= 0.3 is 0 Å². The number of carbonyl (C=O) groups excluding carboxylic acids is 2. The van der Waals surface area contributed by atoms with E-state index in [0.29, 0.717) is 18.7 Å². The van der Waals surface area contributed by atoms with Crippen molar-refractivity contribution in [3.63, 3.8) is 0 Å². The summed E-state index contributed by atoms with van der Waals surface area (Å²) in [6.45, 7) is 2.91. The molecule has 0 saturated carbocycles. The van der Waals surface area contributed by atoms with Crippen LogP contribution in [-0.2, 0) is 9.53 Å². The van der Waals surface area contributed by atoms with Crippen LogP contribution in [0.5, 0.6) is 0 Å². The zero-order valence-electron chi connectivity index (χ0n) is 15.0. The van der Waals surface area contributed by atoms with E-state index in [1.807, 2.05) is 55.5 Å². The van der Waals surface area contributed by atoms with Gasteiger partial charge in [-0.3, -0.25) is 9.59 Å². The first-order chi connectivity index (χ1) is 12.6. The van der Waals surface area contributed by atoms with Crippen molar-refractivity contribution in [2.75, 3.05) is 26.0 Å². The fraction of sp³-hybridized carbons (Fsp3) is 0.300. The molecule has 2 rings (SSSR count). The highest BCUT2D eigenvalue weighted by Crippen LogP contribution is 2.23. The van der Waals surface area contributed by atoms with Crippen molar-refractivity contribution in [2.45, 2.75) is 17.9 Å². The van der Waals surface area contributed by atoms with Gasteiger partial charge in [0.1, 0.15) is 0 Å². The maximum atomic E-state index is 12.7. The predicted octanol–water partition coefficient (Wildman–Crippen LogP) is 3.03. The third kappa shape index (κ3) is 6.20. The van der Waals surface area contributed by atoms with Crippen molar-refractivity contribution in [3.05, 3.63) is 65.7 Å². The van der Waals surface area contributed by atoms with Crippen LogP contribution < -0.4 is 10.6 Å². The first-order valence-corrected chi connectivity index (χ1v) is 9.43. The Morgan fingerprint density at radius 1 is 1.08 bits per heavy atom. The second-order valence-electron chi connectivity index (χ2n) is 5.73. The smallest absolute Gasteiger partial charge is 0.252 e. The summed E-state index contributed by atoms with van der Waals surface area (Å²) in [6.07, 6.45) is 0. The summed E-state index contributed by atoms with van der Waals surface area (Å²) in [6, 6.07) is 17.0. The molecule has 2 N–H and O–H groups in total. The molecule has 0 aliphatic carbocycles. The van der Waals surface area contributed by atoms with Crippen LogP contribution in [0.2, 0.25) is 0 Å². The van der Waals surface area contributed by atoms with Crippen molar-refractivity contribution in [1.82, 2.24) is 10.6 Å². The van der Waals surface area contributed by atoms with Gasteiger partial charge in [0.25, 0.3) is 5.91 Å². The minimum absolute atomic E-state index is 0.0834. The number of hydrogen-bond acceptors (Lipinski definition) is 4. The molecule has 2 aromatic carbocycles. The molecule has 0 fully saturated rings. The Balaban J connectivity index is 1.97. The van der Waals surface area contributed by atoms with E-state index in [-0.39, 0.29) is 23.6 Å². The fourth-order valence-electron chi connectivity index (χ4n) is 2.37. The predicted molar refractivity (Wildman–Crippen MR) is 104 cm³/mol. The number of benzene rings is 2. The maximum Gasteiger partial charge on any atom is 0.252 e. The van der Waals surface area contributed by atoms with Gasteiger partial charge in [0.2, 0.25) is 5.91 Å². The van der Waals surface area contributed by atoms with Gasteiger partial charge in [-0.25, -0.2) is 0 Å². The van der Waals surface area contributed by atoms with Gasteiger partial charge < -0.3 is 15.4 Å². The Bertz CT molecular complexity index is 722. The van der Waals surface area contributed by atoms with Crippen molar-refractivity contribution in [1.29, 1.82) is 0 Å². The molecule has 6 heteroatoms. The number of methoxy groups -OCH3 is 1. The van der Waals surface area contributed by atoms with Crippen LogP contribution in [0.3, 0.4) is 0 Å². The van der Waals surface area contributed by atoms with Crippen LogP contribution in [0.1, 0.15) is 28.9 Å². The van der Waals surface area contributed by atoms with Crippen LogP contribution in [0.25, 0.3) is 0 Å². The van der Waals surface area contributed by atoms with Crippen LogP contribution in [0.4, 0.5) is 0 Å². The van der Waals surface area contributed by atoms with Crippen LogP contribution in [0, 0.1) is 0 Å². The SMILES string of the molecule is COCCNC(=O)CSc1ccccc1C(=O)NC(C)c1ccccc1. The first kappa shape index (κ1) is 20.0. The molecular weight excluding hydrogens is 348 g/mol. The largest absolute Gasteiger partial charge is 0.383 e. The summed E-state index contributed by atoms with van der Waals surface area (Å²) in [5, 5.41) is 5.78. The number of nitrogens with one attached hydrogen (secondary N) is 2. The second kappa shape index (κ2) is 10.6. The molecule has 5 nitrogen and oxygen atoms in total. The minimum Gasteiger partial charge on any atom is -0.383 e. The molecule has 0 aromatic heterocycles. The van der Waals surface area contributed by atoms with E-state index in [1.165, 1.54) is 11.8 Å². The van der Waals surface area contributed by atoms with Gasteiger partial charge in [-0.1, -0.05) is 42.5 Å². The normalized spacial score (nSPS) is 11.6. The highest BCUT2D eigenvalue weighted by atomic mass is 32.2. The number of hydrogen-bond donors (Lipinski definition) is 2. The number of carbonyl (C=O) groups is 2. The van der Waals surface area contributed by atoms with Crippen molar-refractivity contribution in [2.24, 2.45) is 0 Å². The quantitative estimate of drug-likeness (QED) is 0.524. The lowest BCUT2D eigenvalue weighted by atomic mass is 10.1. The zero-order valence-corrected chi connectivity index (χ0v) is 15.8. The summed E-state index contributed by atoms with van der Waals surface area (Å²) >= 11 is 1.35. The third-order valence-corrected chi connectivity index (χ3v) is 4.84. The summed E-state index contributed by atoms with van der Waals surface area (Å²) in [7, 11) is 1.59. The van der Waals surface area contributed by atoms with Gasteiger partial charge in [0.15, 0.2) is 0 Å². The molecule has 1 atom stereocenters. The molecule has 0 bridgehead atoms. The molecule has 26 heavy (non-hydrogen) atoms. The number of thioether (sulfide) groups is 1. The molecule has 2 aromatic rings. The summed E-state index contributed by atoms with van der Waals surface area (Å²) in [4.78, 5) is 25.3. The summed E-state index contributed by atoms with van der Waals surface area (Å²) < 4.78 is 4.90. The standard InChI is InChI=1S/C20H24N2O3S/c1-15(16-8-4-3-5-9-16)22-20(24)17-10-6-7-11-18(17)26-14-19(23)21-12-13-25-2/h3-11,15H,12-14H2,1-2H3,(H,21,23)(H,22,24). The van der Waals surface area contributed by atoms with Gasteiger partial charge in [0.05, 0.1) is 24.0 Å². The van der Waals surface area contributed by atoms with E-state index in [9.17, 15) is 9.59 Å². The Kier molecular flexibility index (Phi) is 8.18. The average molecular weight is 372 g/mol. The van der Waals surface area contributed by atoms with Crippen LogP contribution in [-0.4, -0.2) is 37.8 Å². The van der Waals surface area contributed by atoms with E-state index < -0.39 is 0 Å². The van der Waals surface area contributed by atoms with Gasteiger partial charge in [-0.15, -0.1) is 11.8 Å². The lowest BCUT2D eigenvalue weighted by Gasteiger charge is -2.16. The van der Waals surface area contributed by atoms with E-state index in [4.69, 9.17) is 4.74 Å². The Hall–Kier alpha value is -2.31. The molecule has 0 spiro atoms. The molecule has 0 radical (unpaired) electrons. The van der Waals surface area contributed by atoms with Gasteiger partial charge in [-0.2, -0.15) is 0 Å². The lowest BCUT2D eigenvalue weighted by molar-refractivity contribution is -0.118. The van der Waals surface area contributed by atoms with Crippen molar-refractivity contribution >= 4 is 23.6 Å². The Morgan fingerprint density at radius 2 is 1.77 bits per heavy atom. The van der Waals surface area contributed by atoms with E-state index in [0.717, 1.165) is 10.5 Å². The molecule has 0 heterocycles. The number of amides is 2. The lowest BCUT2D eigenvalue weighted by Crippen LogP contribution is -2.29. The highest BCUT2D eigenvalue weighted by Gasteiger charge is 2.15. The molecule has 1 unspecified atom stereocenters. The highest BCUT2D eigenvalue weighted by molar-refractivity contribution is 8.00. The number of rotatable bonds is 9. The number of ether oxygens (including phenoxy) is 1. The second-order valence-corrected chi connectivity index (χ2v) is 6.75.